The van der Waals surface area contributed by atoms with Gasteiger partial charge in [0.2, 0.25) is 0 Å². The summed E-state index contributed by atoms with van der Waals surface area (Å²) in [5, 5.41) is 20.8. The summed E-state index contributed by atoms with van der Waals surface area (Å²) in [4.78, 5) is 0. The standard InChI is InChI=1S/C17H21NO/c1-12(2)14-9-17(19,10-14)16(11-18)8-7-13-5-3-4-6-15(13)16/h3-6,12,14,19H,7-10H2,1-2H3. The Kier molecular flexibility index (Phi) is 2.73. The van der Waals surface area contributed by atoms with Gasteiger partial charge in [0.15, 0.2) is 0 Å². The second-order valence-corrected chi connectivity index (χ2v) is 6.62. The minimum Gasteiger partial charge on any atom is -0.388 e. The van der Waals surface area contributed by atoms with Crippen molar-refractivity contribution in [1.29, 1.82) is 5.26 Å². The summed E-state index contributed by atoms with van der Waals surface area (Å²) in [6.45, 7) is 4.40. The zero-order chi connectivity index (χ0) is 13.7. The molecule has 2 heteroatoms. The van der Waals surface area contributed by atoms with Gasteiger partial charge in [-0.3, -0.25) is 0 Å². The van der Waals surface area contributed by atoms with Crippen LogP contribution in [0, 0.1) is 23.2 Å². The molecule has 2 aliphatic carbocycles. The van der Waals surface area contributed by atoms with Gasteiger partial charge in [-0.1, -0.05) is 38.1 Å². The van der Waals surface area contributed by atoms with E-state index in [0.29, 0.717) is 11.8 Å². The highest BCUT2D eigenvalue weighted by Crippen LogP contribution is 2.57. The molecule has 0 aromatic heterocycles. The minimum atomic E-state index is -0.816. The Labute approximate surface area is 115 Å². The van der Waals surface area contributed by atoms with Crippen LogP contribution in [-0.2, 0) is 11.8 Å². The molecule has 1 aromatic rings. The molecular weight excluding hydrogens is 234 g/mol. The number of hydrogen-bond donors (Lipinski definition) is 1. The van der Waals surface area contributed by atoms with Crippen LogP contribution < -0.4 is 0 Å². The molecule has 1 saturated carbocycles. The van der Waals surface area contributed by atoms with Gasteiger partial charge in [0.05, 0.1) is 11.7 Å². The first kappa shape index (κ1) is 12.7. The molecule has 0 amide bonds. The molecule has 2 aliphatic rings. The SMILES string of the molecule is CC(C)C1CC(O)(C2(C#N)CCc3ccccc32)C1. The summed E-state index contributed by atoms with van der Waals surface area (Å²) < 4.78 is 0. The molecule has 1 aromatic carbocycles. The van der Waals surface area contributed by atoms with Crippen LogP contribution in [0.5, 0.6) is 0 Å². The van der Waals surface area contributed by atoms with E-state index in [1.165, 1.54) is 5.56 Å². The zero-order valence-corrected chi connectivity index (χ0v) is 11.7. The molecule has 1 unspecified atom stereocenters. The Morgan fingerprint density at radius 1 is 1.32 bits per heavy atom. The van der Waals surface area contributed by atoms with Crippen molar-refractivity contribution in [1.82, 2.24) is 0 Å². The third-order valence-electron chi connectivity index (χ3n) is 5.37. The molecule has 0 aliphatic heterocycles. The topological polar surface area (TPSA) is 44.0 Å². The summed E-state index contributed by atoms with van der Waals surface area (Å²) >= 11 is 0. The third kappa shape index (κ3) is 1.58. The number of aryl methyl sites for hydroxylation is 1. The summed E-state index contributed by atoms with van der Waals surface area (Å²) in [5.41, 5.74) is 0.825. The number of hydrogen-bond acceptors (Lipinski definition) is 2. The number of aliphatic hydroxyl groups is 1. The lowest BCUT2D eigenvalue weighted by Crippen LogP contribution is -2.59. The van der Waals surface area contributed by atoms with Crippen molar-refractivity contribution in [3.63, 3.8) is 0 Å². The molecule has 100 valence electrons. The molecule has 0 heterocycles. The Bertz CT molecular complexity index is 536. The molecule has 1 fully saturated rings. The largest absolute Gasteiger partial charge is 0.388 e. The van der Waals surface area contributed by atoms with E-state index in [9.17, 15) is 10.4 Å². The van der Waals surface area contributed by atoms with Crippen LogP contribution >= 0.6 is 0 Å². The van der Waals surface area contributed by atoms with Crippen molar-refractivity contribution in [2.75, 3.05) is 0 Å². The monoisotopic (exact) mass is 255 g/mol. The lowest BCUT2D eigenvalue weighted by Gasteiger charge is -2.53. The van der Waals surface area contributed by atoms with Crippen molar-refractivity contribution < 1.29 is 5.11 Å². The average molecular weight is 255 g/mol. The number of benzene rings is 1. The van der Waals surface area contributed by atoms with E-state index in [-0.39, 0.29) is 0 Å². The van der Waals surface area contributed by atoms with E-state index in [0.717, 1.165) is 31.2 Å². The maximum Gasteiger partial charge on any atom is 0.111 e. The van der Waals surface area contributed by atoms with E-state index < -0.39 is 11.0 Å². The molecule has 1 N–H and O–H groups in total. The van der Waals surface area contributed by atoms with E-state index in [4.69, 9.17) is 0 Å². The molecule has 0 spiro atoms. The maximum atomic E-state index is 11.0. The lowest BCUT2D eigenvalue weighted by atomic mass is 9.53. The number of nitriles is 1. The number of fused-ring (bicyclic) bond motifs is 1. The van der Waals surface area contributed by atoms with Crippen LogP contribution in [0.2, 0.25) is 0 Å². The van der Waals surface area contributed by atoms with Crippen molar-refractivity contribution in [3.8, 4) is 6.07 Å². The van der Waals surface area contributed by atoms with Gasteiger partial charge in [0, 0.05) is 0 Å². The summed E-state index contributed by atoms with van der Waals surface area (Å²) in [5.74, 6) is 1.15. The first-order valence-electron chi connectivity index (χ1n) is 7.24. The average Bonchev–Trinajstić information content (AvgIpc) is 2.75. The highest BCUT2D eigenvalue weighted by Gasteiger charge is 2.61. The van der Waals surface area contributed by atoms with Gasteiger partial charge in [0.25, 0.3) is 0 Å². The van der Waals surface area contributed by atoms with E-state index in [1.54, 1.807) is 0 Å². The summed E-state index contributed by atoms with van der Waals surface area (Å²) in [6.07, 6.45) is 3.22. The van der Waals surface area contributed by atoms with Gasteiger partial charge in [-0.15, -0.1) is 0 Å². The van der Waals surface area contributed by atoms with Crippen molar-refractivity contribution in [2.45, 2.75) is 50.5 Å². The van der Waals surface area contributed by atoms with Crippen LogP contribution in [0.4, 0.5) is 0 Å². The van der Waals surface area contributed by atoms with Gasteiger partial charge in [-0.2, -0.15) is 5.26 Å². The predicted octanol–water partition coefficient (Wildman–Crippen LogP) is 3.19. The highest BCUT2D eigenvalue weighted by atomic mass is 16.3. The first-order valence-corrected chi connectivity index (χ1v) is 7.24. The van der Waals surface area contributed by atoms with E-state index in [1.807, 2.05) is 18.2 Å². The first-order chi connectivity index (χ1) is 9.02. The van der Waals surface area contributed by atoms with Crippen LogP contribution in [0.25, 0.3) is 0 Å². The van der Waals surface area contributed by atoms with Crippen LogP contribution in [0.3, 0.4) is 0 Å². The molecule has 1 atom stereocenters. The van der Waals surface area contributed by atoms with Gasteiger partial charge in [-0.05, 0) is 48.6 Å². The quantitative estimate of drug-likeness (QED) is 0.882. The molecule has 2 nitrogen and oxygen atoms in total. The van der Waals surface area contributed by atoms with Crippen molar-refractivity contribution >= 4 is 0 Å². The Morgan fingerprint density at radius 3 is 2.63 bits per heavy atom. The smallest absolute Gasteiger partial charge is 0.111 e. The zero-order valence-electron chi connectivity index (χ0n) is 11.7. The van der Waals surface area contributed by atoms with Crippen molar-refractivity contribution in [3.05, 3.63) is 35.4 Å². The van der Waals surface area contributed by atoms with Crippen LogP contribution in [0.1, 0.15) is 44.2 Å². The van der Waals surface area contributed by atoms with Crippen LogP contribution in [0.15, 0.2) is 24.3 Å². The second kappa shape index (κ2) is 4.08. The van der Waals surface area contributed by atoms with E-state index >= 15 is 0 Å². The fraction of sp³-hybridized carbons (Fsp3) is 0.588. The fourth-order valence-electron chi connectivity index (χ4n) is 3.94. The maximum absolute atomic E-state index is 11.0. The highest BCUT2D eigenvalue weighted by molar-refractivity contribution is 5.48. The fourth-order valence-corrected chi connectivity index (χ4v) is 3.94. The lowest BCUT2D eigenvalue weighted by molar-refractivity contribution is -0.127. The van der Waals surface area contributed by atoms with Gasteiger partial charge in [-0.25, -0.2) is 0 Å². The van der Waals surface area contributed by atoms with Crippen molar-refractivity contribution in [2.24, 2.45) is 11.8 Å². The third-order valence-corrected chi connectivity index (χ3v) is 5.37. The second-order valence-electron chi connectivity index (χ2n) is 6.62. The van der Waals surface area contributed by atoms with E-state index in [2.05, 4.69) is 26.0 Å². The molecule has 0 saturated heterocycles. The molecule has 0 bridgehead atoms. The summed E-state index contributed by atoms with van der Waals surface area (Å²) in [6, 6.07) is 10.6. The molecule has 19 heavy (non-hydrogen) atoms. The molecular formula is C17H21NO. The Hall–Kier alpha value is -1.33. The number of rotatable bonds is 2. The van der Waals surface area contributed by atoms with Gasteiger partial charge >= 0.3 is 0 Å². The normalized spacial score (nSPS) is 36.7. The summed E-state index contributed by atoms with van der Waals surface area (Å²) in [7, 11) is 0. The molecule has 3 rings (SSSR count). The Morgan fingerprint density at radius 2 is 2.00 bits per heavy atom. The van der Waals surface area contributed by atoms with Crippen LogP contribution in [-0.4, -0.2) is 10.7 Å². The number of nitrogens with zero attached hydrogens (tertiary/aromatic N) is 1. The molecule has 0 radical (unpaired) electrons. The predicted molar refractivity (Wildman–Crippen MR) is 74.6 cm³/mol. The van der Waals surface area contributed by atoms with Gasteiger partial charge < -0.3 is 5.11 Å². The Balaban J connectivity index is 1.98. The van der Waals surface area contributed by atoms with Gasteiger partial charge in [0.1, 0.15) is 5.41 Å². The minimum absolute atomic E-state index is 0.558.